The molecule has 0 N–H and O–H groups in total. The molecule has 2 aromatic rings. The Balaban J connectivity index is 0.00000155. The first-order valence-electron chi connectivity index (χ1n) is 14.8. The zero-order valence-corrected chi connectivity index (χ0v) is 27.0. The van der Waals surface area contributed by atoms with Crippen LogP contribution in [0.3, 0.4) is 0 Å². The number of nitrogens with zero attached hydrogens (tertiary/aromatic N) is 3. The Kier molecular flexibility index (Phi) is 11.4. The van der Waals surface area contributed by atoms with Crippen molar-refractivity contribution in [2.75, 3.05) is 19.8 Å². The van der Waals surface area contributed by atoms with Crippen molar-refractivity contribution in [1.29, 1.82) is 5.26 Å². The minimum atomic E-state index is -1.22. The van der Waals surface area contributed by atoms with Gasteiger partial charge in [-0.3, -0.25) is 4.79 Å². The van der Waals surface area contributed by atoms with E-state index in [1.165, 1.54) is 16.7 Å². The van der Waals surface area contributed by atoms with E-state index in [1.54, 1.807) is 10.8 Å². The maximum atomic E-state index is 13.7. The summed E-state index contributed by atoms with van der Waals surface area (Å²) < 4.78 is 13.3. The van der Waals surface area contributed by atoms with E-state index in [0.29, 0.717) is 17.8 Å². The summed E-state index contributed by atoms with van der Waals surface area (Å²) in [4.78, 5) is 34.3. The van der Waals surface area contributed by atoms with Crippen LogP contribution in [0.4, 0.5) is 0 Å². The van der Waals surface area contributed by atoms with Gasteiger partial charge in [0.15, 0.2) is 11.5 Å². The highest BCUT2D eigenvalue weighted by molar-refractivity contribution is 6.76. The molecular weight excluding hydrogens is 546 g/mol. The van der Waals surface area contributed by atoms with Crippen molar-refractivity contribution >= 4 is 25.6 Å². The first kappa shape index (κ1) is 33.4. The SMILES string of the molecule is CC1(C)CC=C(c2cc(C3(C)CCOCC3)ccc2CC(=O)c2nc(C#N)cn2COCC[Si](C)(C)C)CC1.O=C=O. The molecule has 9 heteroatoms. The molecule has 0 radical (unpaired) electrons. The Morgan fingerprint density at radius 1 is 1.14 bits per heavy atom. The summed E-state index contributed by atoms with van der Waals surface area (Å²) in [5.74, 6) is 0.207. The van der Waals surface area contributed by atoms with E-state index in [2.05, 4.69) is 75.7 Å². The highest BCUT2D eigenvalue weighted by Crippen LogP contribution is 2.41. The van der Waals surface area contributed by atoms with Gasteiger partial charge in [-0.1, -0.05) is 64.7 Å². The summed E-state index contributed by atoms with van der Waals surface area (Å²) in [5, 5.41) is 9.47. The zero-order valence-electron chi connectivity index (χ0n) is 26.0. The molecule has 2 aliphatic rings. The number of allylic oxidation sites excluding steroid dienone is 2. The molecule has 0 amide bonds. The fourth-order valence-corrected chi connectivity index (χ4v) is 6.18. The van der Waals surface area contributed by atoms with Crippen LogP contribution in [-0.4, -0.2) is 49.4 Å². The molecule has 1 fully saturated rings. The molecule has 0 unspecified atom stereocenters. The Labute approximate surface area is 251 Å². The number of Topliss-reactive ketones (excluding diaryl/α,β-unsaturated/α-hetero) is 1. The smallest absolute Gasteiger partial charge is 0.373 e. The second kappa shape index (κ2) is 14.3. The fraction of sp³-hybridized carbons (Fsp3) is 0.576. The molecule has 1 aromatic carbocycles. The van der Waals surface area contributed by atoms with E-state index in [9.17, 15) is 10.1 Å². The number of ether oxygens (including phenoxy) is 2. The number of carbonyl (C=O) groups is 1. The molecule has 42 heavy (non-hydrogen) atoms. The van der Waals surface area contributed by atoms with Crippen molar-refractivity contribution in [2.45, 2.75) is 97.1 Å². The lowest BCUT2D eigenvalue weighted by Gasteiger charge is -2.35. The van der Waals surface area contributed by atoms with E-state index in [0.717, 1.165) is 56.9 Å². The summed E-state index contributed by atoms with van der Waals surface area (Å²) in [6.07, 6.45) is 9.68. The average Bonchev–Trinajstić information content (AvgIpc) is 3.35. The predicted octanol–water partition coefficient (Wildman–Crippen LogP) is 6.57. The lowest BCUT2D eigenvalue weighted by atomic mass is 9.73. The first-order valence-corrected chi connectivity index (χ1v) is 18.5. The van der Waals surface area contributed by atoms with E-state index in [4.69, 9.17) is 19.1 Å². The van der Waals surface area contributed by atoms with Crippen LogP contribution in [0.5, 0.6) is 0 Å². The van der Waals surface area contributed by atoms with E-state index < -0.39 is 8.07 Å². The Bertz CT molecular complexity index is 1350. The molecule has 4 rings (SSSR count). The van der Waals surface area contributed by atoms with Crippen molar-refractivity contribution in [3.8, 4) is 6.07 Å². The molecule has 0 atom stereocenters. The van der Waals surface area contributed by atoms with Crippen LogP contribution in [0, 0.1) is 16.7 Å². The number of rotatable bonds is 10. The minimum absolute atomic E-state index is 0.0786. The third kappa shape index (κ3) is 9.17. The third-order valence-electron chi connectivity index (χ3n) is 8.44. The molecule has 0 saturated carbocycles. The van der Waals surface area contributed by atoms with E-state index >= 15 is 0 Å². The number of ketones is 1. The summed E-state index contributed by atoms with van der Waals surface area (Å²) in [7, 11) is -1.22. The largest absolute Gasteiger partial charge is 0.381 e. The van der Waals surface area contributed by atoms with Crippen LogP contribution in [0.1, 0.15) is 85.9 Å². The lowest BCUT2D eigenvalue weighted by molar-refractivity contribution is -0.191. The number of carbonyl (C=O) groups excluding carboxylic acids is 3. The molecule has 8 nitrogen and oxygen atoms in total. The van der Waals surface area contributed by atoms with Crippen molar-refractivity contribution in [1.82, 2.24) is 9.55 Å². The zero-order chi connectivity index (χ0) is 31.0. The van der Waals surface area contributed by atoms with Gasteiger partial charge in [0.25, 0.3) is 0 Å². The van der Waals surface area contributed by atoms with Crippen LogP contribution >= 0.6 is 0 Å². The van der Waals surface area contributed by atoms with Crippen LogP contribution in [0.2, 0.25) is 25.7 Å². The number of nitriles is 1. The van der Waals surface area contributed by atoms with E-state index in [1.807, 2.05) is 0 Å². The molecule has 2 heterocycles. The number of aromatic nitrogens is 2. The monoisotopic (exact) mass is 591 g/mol. The quantitative estimate of drug-likeness (QED) is 0.174. The second-order valence-corrected chi connectivity index (χ2v) is 19.3. The van der Waals surface area contributed by atoms with Crippen LogP contribution < -0.4 is 0 Å². The van der Waals surface area contributed by atoms with Gasteiger partial charge in [-0.25, -0.2) is 4.98 Å². The highest BCUT2D eigenvalue weighted by atomic mass is 28.3. The van der Waals surface area contributed by atoms with E-state index in [-0.39, 0.29) is 36.2 Å². The van der Waals surface area contributed by atoms with Gasteiger partial charge >= 0.3 is 6.15 Å². The van der Waals surface area contributed by atoms with Gasteiger partial charge in [0.2, 0.25) is 5.78 Å². The minimum Gasteiger partial charge on any atom is -0.381 e. The standard InChI is InChI=1S/C32H45N3O3Si.CO2/c1-31(2)11-9-24(10-12-31)28-20-26(32(3)13-15-37-16-14-32)8-7-25(28)19-29(36)30-34-27(21-33)22-35(30)23-38-17-18-39(4,5)6;2-1-3/h7-9,20,22H,10-19,23H2,1-6H3;. The topological polar surface area (TPSA) is 111 Å². The lowest BCUT2D eigenvalue weighted by Crippen LogP contribution is -2.30. The molecule has 1 aliphatic heterocycles. The molecule has 1 aromatic heterocycles. The van der Waals surface area contributed by atoms with Gasteiger partial charge in [0, 0.05) is 40.5 Å². The fourth-order valence-electron chi connectivity index (χ4n) is 5.42. The Morgan fingerprint density at radius 2 is 1.83 bits per heavy atom. The van der Waals surface area contributed by atoms with Gasteiger partial charge in [-0.2, -0.15) is 14.9 Å². The van der Waals surface area contributed by atoms with Crippen molar-refractivity contribution < 1.29 is 23.9 Å². The number of hydrogen-bond donors (Lipinski definition) is 0. The van der Waals surface area contributed by atoms with Crippen LogP contribution in [0.25, 0.3) is 5.57 Å². The molecule has 1 saturated heterocycles. The average molecular weight is 592 g/mol. The third-order valence-corrected chi connectivity index (χ3v) is 10.1. The van der Waals surface area contributed by atoms with Gasteiger partial charge in [-0.15, -0.1) is 0 Å². The number of hydrogen-bond acceptors (Lipinski definition) is 7. The summed E-state index contributed by atoms with van der Waals surface area (Å²) in [6, 6.07) is 9.82. The summed E-state index contributed by atoms with van der Waals surface area (Å²) in [6.45, 7) is 16.3. The first-order chi connectivity index (χ1) is 19.8. The molecular formula is C33H45N3O5Si. The Hall–Kier alpha value is -3.15. The Morgan fingerprint density at radius 3 is 2.43 bits per heavy atom. The van der Waals surface area contributed by atoms with Crippen LogP contribution in [-0.2, 0) is 37.6 Å². The molecule has 0 spiro atoms. The molecule has 226 valence electrons. The van der Waals surface area contributed by atoms with Gasteiger partial charge in [-0.05, 0) is 71.2 Å². The second-order valence-electron chi connectivity index (χ2n) is 13.7. The highest BCUT2D eigenvalue weighted by Gasteiger charge is 2.31. The molecule has 0 bridgehead atoms. The van der Waals surface area contributed by atoms with Crippen molar-refractivity contribution in [2.24, 2.45) is 5.41 Å². The van der Waals surface area contributed by atoms with Crippen LogP contribution in [0.15, 0.2) is 30.5 Å². The molecule has 1 aliphatic carbocycles. The summed E-state index contributed by atoms with van der Waals surface area (Å²) in [5.41, 5.74) is 5.50. The maximum absolute atomic E-state index is 13.7. The summed E-state index contributed by atoms with van der Waals surface area (Å²) >= 11 is 0. The van der Waals surface area contributed by atoms with Gasteiger partial charge in [0.05, 0.1) is 0 Å². The number of imidazole rings is 1. The normalized spacial score (nSPS) is 17.7. The van der Waals surface area contributed by atoms with Gasteiger partial charge in [0.1, 0.15) is 12.8 Å². The predicted molar refractivity (Wildman–Crippen MR) is 164 cm³/mol. The van der Waals surface area contributed by atoms with Crippen molar-refractivity contribution in [3.63, 3.8) is 0 Å². The maximum Gasteiger partial charge on any atom is 0.373 e. The van der Waals surface area contributed by atoms with Gasteiger partial charge < -0.3 is 14.0 Å². The van der Waals surface area contributed by atoms with Crippen molar-refractivity contribution in [3.05, 3.63) is 58.7 Å². The number of benzene rings is 1.